The molecule has 2 aromatic carbocycles. The van der Waals surface area contributed by atoms with E-state index in [1.807, 2.05) is 0 Å². The van der Waals surface area contributed by atoms with Gasteiger partial charge >= 0.3 is 5.00 Å². The van der Waals surface area contributed by atoms with Gasteiger partial charge in [0.2, 0.25) is 0 Å². The number of rotatable bonds is 6. The summed E-state index contributed by atoms with van der Waals surface area (Å²) in [6.07, 6.45) is 1.30. The van der Waals surface area contributed by atoms with Crippen LogP contribution in [0.3, 0.4) is 0 Å². The molecule has 27 heavy (non-hydrogen) atoms. The molecule has 0 unspecified atom stereocenters. The molecule has 1 aromatic heterocycles. The molecule has 0 saturated heterocycles. The van der Waals surface area contributed by atoms with Crippen LogP contribution in [0.25, 0.3) is 0 Å². The van der Waals surface area contributed by atoms with Gasteiger partial charge in [-0.25, -0.2) is 5.43 Å². The number of nitrogens with one attached hydrogen (secondary N) is 1. The number of aliphatic hydroxyl groups is 1. The van der Waals surface area contributed by atoms with Crippen molar-refractivity contribution in [3.8, 4) is 0 Å². The first-order chi connectivity index (χ1) is 13.0. The number of nitrogens with zero attached hydrogens (tertiary/aromatic N) is 2. The van der Waals surface area contributed by atoms with Crippen molar-refractivity contribution in [1.82, 2.24) is 5.43 Å². The molecule has 0 spiro atoms. The molecule has 3 rings (SSSR count). The molecule has 0 aliphatic heterocycles. The quantitative estimate of drug-likeness (QED) is 0.389. The highest BCUT2D eigenvalue weighted by Gasteiger charge is 2.39. The summed E-state index contributed by atoms with van der Waals surface area (Å²) in [6, 6.07) is 20.0. The second kappa shape index (κ2) is 7.90. The van der Waals surface area contributed by atoms with Gasteiger partial charge in [-0.1, -0.05) is 72.0 Å². The van der Waals surface area contributed by atoms with E-state index >= 15 is 0 Å². The maximum Gasteiger partial charge on any atom is 0.324 e. The summed E-state index contributed by atoms with van der Waals surface area (Å²) in [6.45, 7) is 0. The Morgan fingerprint density at radius 1 is 1.04 bits per heavy atom. The number of nitro groups is 1. The monoisotopic (exact) mass is 381 g/mol. The molecular formula is C19H15N3O4S. The van der Waals surface area contributed by atoms with E-state index in [1.165, 1.54) is 18.3 Å². The summed E-state index contributed by atoms with van der Waals surface area (Å²) in [4.78, 5) is 23.5. The fourth-order valence-electron chi connectivity index (χ4n) is 2.53. The van der Waals surface area contributed by atoms with Crippen LogP contribution in [0, 0.1) is 10.1 Å². The highest BCUT2D eigenvalue weighted by atomic mass is 32.1. The Morgan fingerprint density at radius 2 is 1.59 bits per heavy atom. The molecule has 0 atom stereocenters. The van der Waals surface area contributed by atoms with Crippen molar-refractivity contribution < 1.29 is 14.8 Å². The van der Waals surface area contributed by atoms with Crippen LogP contribution in [0.4, 0.5) is 5.00 Å². The number of carbonyl (C=O) groups excluding carboxylic acids is 1. The summed E-state index contributed by atoms with van der Waals surface area (Å²) in [5.74, 6) is -0.734. The molecule has 7 nitrogen and oxygen atoms in total. The van der Waals surface area contributed by atoms with Gasteiger partial charge in [-0.3, -0.25) is 14.9 Å². The average Bonchev–Trinajstić information content (AvgIpc) is 3.18. The molecule has 136 valence electrons. The molecule has 0 saturated carbocycles. The van der Waals surface area contributed by atoms with Gasteiger partial charge in [0.25, 0.3) is 5.91 Å². The van der Waals surface area contributed by atoms with Gasteiger partial charge < -0.3 is 5.11 Å². The van der Waals surface area contributed by atoms with Gasteiger partial charge in [0.05, 0.1) is 16.0 Å². The molecule has 1 amide bonds. The Hall–Kier alpha value is -3.36. The normalized spacial score (nSPS) is 11.4. The lowest BCUT2D eigenvalue weighted by Crippen LogP contribution is -2.43. The maximum atomic E-state index is 12.8. The molecule has 1 heterocycles. The molecule has 0 aliphatic rings. The summed E-state index contributed by atoms with van der Waals surface area (Å²) >= 11 is 0.931. The van der Waals surface area contributed by atoms with Crippen molar-refractivity contribution in [2.45, 2.75) is 5.60 Å². The zero-order valence-corrected chi connectivity index (χ0v) is 14.8. The predicted molar refractivity (Wildman–Crippen MR) is 103 cm³/mol. The second-order valence-corrected chi connectivity index (χ2v) is 6.67. The van der Waals surface area contributed by atoms with Crippen molar-refractivity contribution >= 4 is 28.5 Å². The fourth-order valence-corrected chi connectivity index (χ4v) is 3.23. The van der Waals surface area contributed by atoms with Crippen LogP contribution in [0.1, 0.15) is 16.0 Å². The number of hydrazone groups is 1. The SMILES string of the molecule is O=C(N/N=C\c1ccc([N+](=O)[O-])s1)C(O)(c1ccccc1)c1ccccc1. The van der Waals surface area contributed by atoms with Gasteiger partial charge in [-0.15, -0.1) is 0 Å². The maximum absolute atomic E-state index is 12.8. The summed E-state index contributed by atoms with van der Waals surface area (Å²) in [5, 5.41) is 25.7. The standard InChI is InChI=1S/C19H15N3O4S/c23-18(21-20-13-16-11-12-17(27-16)22(25)26)19(24,14-7-3-1-4-8-14)15-9-5-2-6-10-15/h1-13,24H,(H,21,23)/b20-13-. The highest BCUT2D eigenvalue weighted by Crippen LogP contribution is 2.30. The van der Waals surface area contributed by atoms with E-state index < -0.39 is 16.4 Å². The average molecular weight is 381 g/mol. The Bertz CT molecular complexity index is 931. The van der Waals surface area contributed by atoms with Crippen LogP contribution >= 0.6 is 11.3 Å². The number of thiophene rings is 1. The van der Waals surface area contributed by atoms with E-state index in [9.17, 15) is 20.0 Å². The zero-order valence-electron chi connectivity index (χ0n) is 14.0. The smallest absolute Gasteiger partial charge is 0.324 e. The number of hydrogen-bond acceptors (Lipinski definition) is 6. The topological polar surface area (TPSA) is 105 Å². The van der Waals surface area contributed by atoms with E-state index in [-0.39, 0.29) is 5.00 Å². The highest BCUT2D eigenvalue weighted by molar-refractivity contribution is 7.16. The molecule has 0 radical (unpaired) electrons. The van der Waals surface area contributed by atoms with Crippen molar-refractivity contribution in [2.75, 3.05) is 0 Å². The first kappa shape index (κ1) is 18.4. The van der Waals surface area contributed by atoms with E-state index in [0.29, 0.717) is 16.0 Å². The molecule has 3 aromatic rings. The van der Waals surface area contributed by atoms with Crippen LogP contribution in [0.15, 0.2) is 77.9 Å². The van der Waals surface area contributed by atoms with Gasteiger partial charge in [0.1, 0.15) is 0 Å². The van der Waals surface area contributed by atoms with Crippen LogP contribution in [0.5, 0.6) is 0 Å². The first-order valence-corrected chi connectivity index (χ1v) is 8.74. The molecule has 0 aliphatic carbocycles. The van der Waals surface area contributed by atoms with Crippen molar-refractivity contribution in [1.29, 1.82) is 0 Å². The summed E-state index contributed by atoms with van der Waals surface area (Å²) < 4.78 is 0. The molecule has 0 bridgehead atoms. The molecule has 2 N–H and O–H groups in total. The van der Waals surface area contributed by atoms with E-state index in [4.69, 9.17) is 0 Å². The lowest BCUT2D eigenvalue weighted by Gasteiger charge is -2.26. The number of hydrogen-bond donors (Lipinski definition) is 2. The first-order valence-electron chi connectivity index (χ1n) is 7.93. The van der Waals surface area contributed by atoms with E-state index in [2.05, 4.69) is 10.5 Å². The van der Waals surface area contributed by atoms with E-state index in [0.717, 1.165) is 11.3 Å². The Balaban J connectivity index is 1.85. The summed E-state index contributed by atoms with van der Waals surface area (Å²) in [5.41, 5.74) is 1.19. The second-order valence-electron chi connectivity index (χ2n) is 5.57. The number of benzene rings is 2. The van der Waals surface area contributed by atoms with Crippen molar-refractivity contribution in [3.05, 3.63) is 98.9 Å². The van der Waals surface area contributed by atoms with Gasteiger partial charge in [-0.05, 0) is 17.2 Å². The minimum atomic E-state index is -1.93. The van der Waals surface area contributed by atoms with Gasteiger partial charge in [0, 0.05) is 6.07 Å². The largest absolute Gasteiger partial charge is 0.372 e. The third-order valence-corrected chi connectivity index (χ3v) is 4.83. The minimum Gasteiger partial charge on any atom is -0.372 e. The molecular weight excluding hydrogens is 366 g/mol. The van der Waals surface area contributed by atoms with Crippen LogP contribution in [-0.4, -0.2) is 22.2 Å². The minimum absolute atomic E-state index is 0.0205. The molecule has 0 fully saturated rings. The van der Waals surface area contributed by atoms with Crippen LogP contribution < -0.4 is 5.43 Å². The summed E-state index contributed by atoms with van der Waals surface area (Å²) in [7, 11) is 0. The van der Waals surface area contributed by atoms with Crippen molar-refractivity contribution in [3.63, 3.8) is 0 Å². The number of carbonyl (C=O) groups is 1. The lowest BCUT2D eigenvalue weighted by molar-refractivity contribution is -0.380. The third kappa shape index (κ3) is 3.91. The van der Waals surface area contributed by atoms with Gasteiger partial charge in [0.15, 0.2) is 5.60 Å². The third-order valence-electron chi connectivity index (χ3n) is 3.86. The Morgan fingerprint density at radius 3 is 2.07 bits per heavy atom. The lowest BCUT2D eigenvalue weighted by atomic mass is 9.85. The Labute approximate surface area is 158 Å². The van der Waals surface area contributed by atoms with Crippen LogP contribution in [0.2, 0.25) is 0 Å². The molecule has 8 heteroatoms. The fraction of sp³-hybridized carbons (Fsp3) is 0.0526. The number of amides is 1. The predicted octanol–water partition coefficient (Wildman–Crippen LogP) is 3.04. The zero-order chi connectivity index (χ0) is 19.3. The van der Waals surface area contributed by atoms with Crippen LogP contribution in [-0.2, 0) is 10.4 Å². The van der Waals surface area contributed by atoms with Gasteiger partial charge in [-0.2, -0.15) is 5.10 Å². The Kier molecular flexibility index (Phi) is 5.39. The van der Waals surface area contributed by atoms with Crippen molar-refractivity contribution in [2.24, 2.45) is 5.10 Å². The van der Waals surface area contributed by atoms with E-state index in [1.54, 1.807) is 60.7 Å².